The largest absolute Gasteiger partial charge is 0.290 e. The third kappa shape index (κ3) is 2.98. The van der Waals surface area contributed by atoms with Gasteiger partial charge in [0, 0.05) is 12.4 Å². The Hall–Kier alpha value is -2.97. The number of aromatic nitrogens is 3. The molecule has 1 unspecified atom stereocenters. The SMILES string of the molecule is N#CC(C(=O)c1ccn(-c2ccccc2Cl)n1)c1ccccn1. The Morgan fingerprint density at radius 3 is 2.65 bits per heavy atom. The number of hydrogen-bond donors (Lipinski definition) is 0. The average molecular weight is 323 g/mol. The van der Waals surface area contributed by atoms with Crippen molar-refractivity contribution in [2.24, 2.45) is 0 Å². The molecule has 1 atom stereocenters. The number of nitriles is 1. The van der Waals surface area contributed by atoms with E-state index < -0.39 is 11.7 Å². The number of carbonyl (C=O) groups excluding carboxylic acids is 1. The van der Waals surface area contributed by atoms with Gasteiger partial charge >= 0.3 is 0 Å². The predicted molar refractivity (Wildman–Crippen MR) is 85.5 cm³/mol. The van der Waals surface area contributed by atoms with Gasteiger partial charge in [-0.25, -0.2) is 4.68 Å². The number of Topliss-reactive ketones (excluding diaryl/α,β-unsaturated/α-hetero) is 1. The lowest BCUT2D eigenvalue weighted by atomic mass is 9.99. The van der Waals surface area contributed by atoms with Crippen LogP contribution >= 0.6 is 11.6 Å². The van der Waals surface area contributed by atoms with Crippen LogP contribution in [0.3, 0.4) is 0 Å². The summed E-state index contributed by atoms with van der Waals surface area (Å²) in [5.41, 5.74) is 1.27. The molecule has 0 spiro atoms. The fraction of sp³-hybridized carbons (Fsp3) is 0.0588. The quantitative estimate of drug-likeness (QED) is 0.690. The minimum atomic E-state index is -0.981. The summed E-state index contributed by atoms with van der Waals surface area (Å²) in [5.74, 6) is -1.37. The lowest BCUT2D eigenvalue weighted by Gasteiger charge is -2.06. The van der Waals surface area contributed by atoms with Crippen molar-refractivity contribution in [3.8, 4) is 11.8 Å². The Balaban J connectivity index is 1.93. The van der Waals surface area contributed by atoms with Gasteiger partial charge in [-0.2, -0.15) is 10.4 Å². The molecule has 5 nitrogen and oxygen atoms in total. The van der Waals surface area contributed by atoms with Crippen LogP contribution in [0, 0.1) is 11.3 Å². The van der Waals surface area contributed by atoms with Crippen LogP contribution in [0.25, 0.3) is 5.69 Å². The van der Waals surface area contributed by atoms with Gasteiger partial charge in [0.1, 0.15) is 5.69 Å². The van der Waals surface area contributed by atoms with Gasteiger partial charge in [-0.15, -0.1) is 0 Å². The van der Waals surface area contributed by atoms with Crippen LogP contribution < -0.4 is 0 Å². The summed E-state index contributed by atoms with van der Waals surface area (Å²) in [6.07, 6.45) is 3.19. The number of rotatable bonds is 4. The summed E-state index contributed by atoms with van der Waals surface area (Å²) in [6, 6.07) is 15.9. The lowest BCUT2D eigenvalue weighted by Crippen LogP contribution is -2.13. The Labute approximate surface area is 137 Å². The topological polar surface area (TPSA) is 71.6 Å². The maximum absolute atomic E-state index is 12.5. The van der Waals surface area contributed by atoms with Gasteiger partial charge in [0.25, 0.3) is 0 Å². The van der Waals surface area contributed by atoms with Gasteiger partial charge < -0.3 is 0 Å². The van der Waals surface area contributed by atoms with Gasteiger partial charge in [-0.05, 0) is 30.3 Å². The first-order valence-electron chi connectivity index (χ1n) is 6.86. The molecule has 0 saturated heterocycles. The highest BCUT2D eigenvalue weighted by Gasteiger charge is 2.25. The van der Waals surface area contributed by atoms with Crippen molar-refractivity contribution in [2.45, 2.75) is 5.92 Å². The van der Waals surface area contributed by atoms with E-state index in [0.29, 0.717) is 16.4 Å². The monoisotopic (exact) mass is 322 g/mol. The van der Waals surface area contributed by atoms with E-state index >= 15 is 0 Å². The van der Waals surface area contributed by atoms with Crippen molar-refractivity contribution in [3.63, 3.8) is 0 Å². The number of halogens is 1. The fourth-order valence-corrected chi connectivity index (χ4v) is 2.40. The molecule has 6 heteroatoms. The van der Waals surface area contributed by atoms with Crippen LogP contribution in [-0.4, -0.2) is 20.5 Å². The Bertz CT molecular complexity index is 883. The van der Waals surface area contributed by atoms with E-state index in [2.05, 4.69) is 10.1 Å². The molecular weight excluding hydrogens is 312 g/mol. The van der Waals surface area contributed by atoms with E-state index in [9.17, 15) is 10.1 Å². The molecule has 0 amide bonds. The molecule has 2 heterocycles. The number of hydrogen-bond acceptors (Lipinski definition) is 4. The van der Waals surface area contributed by atoms with Gasteiger partial charge in [-0.3, -0.25) is 9.78 Å². The second kappa shape index (κ2) is 6.42. The summed E-state index contributed by atoms with van der Waals surface area (Å²) < 4.78 is 1.52. The second-order valence-electron chi connectivity index (χ2n) is 4.78. The van der Waals surface area contributed by atoms with Crippen molar-refractivity contribution in [2.75, 3.05) is 0 Å². The lowest BCUT2D eigenvalue weighted by molar-refractivity contribution is 0.0972. The second-order valence-corrected chi connectivity index (χ2v) is 5.19. The fourth-order valence-electron chi connectivity index (χ4n) is 2.18. The average Bonchev–Trinajstić information content (AvgIpc) is 3.06. The number of para-hydroxylation sites is 1. The summed E-state index contributed by atoms with van der Waals surface area (Å²) in [4.78, 5) is 16.6. The highest BCUT2D eigenvalue weighted by atomic mass is 35.5. The van der Waals surface area contributed by atoms with Gasteiger partial charge in [0.15, 0.2) is 5.92 Å². The highest BCUT2D eigenvalue weighted by molar-refractivity contribution is 6.32. The van der Waals surface area contributed by atoms with Crippen LogP contribution in [0.1, 0.15) is 22.1 Å². The molecule has 0 saturated carbocycles. The number of nitrogens with zero attached hydrogens (tertiary/aromatic N) is 4. The van der Waals surface area contributed by atoms with E-state index in [0.717, 1.165) is 0 Å². The highest BCUT2D eigenvalue weighted by Crippen LogP contribution is 2.21. The van der Waals surface area contributed by atoms with E-state index in [4.69, 9.17) is 11.6 Å². The molecule has 2 aromatic heterocycles. The van der Waals surface area contributed by atoms with Gasteiger partial charge in [0.2, 0.25) is 5.78 Å². The zero-order valence-corrected chi connectivity index (χ0v) is 12.7. The van der Waals surface area contributed by atoms with Crippen LogP contribution in [-0.2, 0) is 0 Å². The molecule has 0 radical (unpaired) electrons. The van der Waals surface area contributed by atoms with Crippen LogP contribution in [0.2, 0.25) is 5.02 Å². The minimum Gasteiger partial charge on any atom is -0.290 e. The molecule has 0 aliphatic heterocycles. The van der Waals surface area contributed by atoms with Crippen molar-refractivity contribution < 1.29 is 4.79 Å². The van der Waals surface area contributed by atoms with Crippen LogP contribution in [0.5, 0.6) is 0 Å². The number of pyridine rings is 1. The Morgan fingerprint density at radius 1 is 1.17 bits per heavy atom. The number of benzene rings is 1. The first kappa shape index (κ1) is 14.9. The number of carbonyl (C=O) groups is 1. The van der Waals surface area contributed by atoms with Crippen LogP contribution in [0.4, 0.5) is 0 Å². The molecule has 0 N–H and O–H groups in total. The summed E-state index contributed by atoms with van der Waals surface area (Å²) in [6.45, 7) is 0. The van der Waals surface area contributed by atoms with Crippen molar-refractivity contribution in [3.05, 3.63) is 77.3 Å². The van der Waals surface area contributed by atoms with Crippen molar-refractivity contribution >= 4 is 17.4 Å². The summed E-state index contributed by atoms with van der Waals surface area (Å²) in [5, 5.41) is 14.1. The normalized spacial score (nSPS) is 11.7. The standard InChI is InChI=1S/C17H11ClN4O/c18-13-5-1-2-7-16(13)22-10-8-15(21-22)17(23)12(11-19)14-6-3-4-9-20-14/h1-10,12H. The van der Waals surface area contributed by atoms with E-state index in [1.54, 1.807) is 48.8 Å². The van der Waals surface area contributed by atoms with Crippen molar-refractivity contribution in [1.29, 1.82) is 5.26 Å². The zero-order chi connectivity index (χ0) is 16.2. The molecule has 3 aromatic rings. The van der Waals surface area contributed by atoms with E-state index in [-0.39, 0.29) is 5.69 Å². The molecule has 23 heavy (non-hydrogen) atoms. The Morgan fingerprint density at radius 2 is 1.96 bits per heavy atom. The van der Waals surface area contributed by atoms with Gasteiger partial charge in [0.05, 0.1) is 22.5 Å². The molecular formula is C17H11ClN4O. The van der Waals surface area contributed by atoms with E-state index in [1.807, 2.05) is 18.2 Å². The minimum absolute atomic E-state index is 0.196. The van der Waals surface area contributed by atoms with Crippen molar-refractivity contribution in [1.82, 2.24) is 14.8 Å². The molecule has 0 fully saturated rings. The first-order valence-corrected chi connectivity index (χ1v) is 7.24. The maximum atomic E-state index is 12.5. The third-order valence-electron chi connectivity index (χ3n) is 3.32. The van der Waals surface area contributed by atoms with Crippen LogP contribution in [0.15, 0.2) is 60.9 Å². The zero-order valence-electron chi connectivity index (χ0n) is 11.9. The molecule has 0 bridgehead atoms. The summed E-state index contributed by atoms with van der Waals surface area (Å²) >= 11 is 6.13. The number of ketones is 1. The molecule has 0 aliphatic rings. The Kier molecular flexibility index (Phi) is 4.18. The first-order chi connectivity index (χ1) is 11.2. The van der Waals surface area contributed by atoms with Gasteiger partial charge in [-0.1, -0.05) is 29.8 Å². The summed E-state index contributed by atoms with van der Waals surface area (Å²) in [7, 11) is 0. The van der Waals surface area contributed by atoms with E-state index in [1.165, 1.54) is 4.68 Å². The molecule has 0 aliphatic carbocycles. The molecule has 112 valence electrons. The predicted octanol–water partition coefficient (Wildman–Crippen LogP) is 3.41. The third-order valence-corrected chi connectivity index (χ3v) is 3.64. The molecule has 3 rings (SSSR count). The smallest absolute Gasteiger partial charge is 0.206 e. The maximum Gasteiger partial charge on any atom is 0.206 e. The molecule has 1 aromatic carbocycles.